The third kappa shape index (κ3) is 6.99. The summed E-state index contributed by atoms with van der Waals surface area (Å²) in [5.74, 6) is 0.0764. The second-order valence-electron chi connectivity index (χ2n) is 13.2. The number of hydrogen-bond acceptors (Lipinski definition) is 5. The number of halogens is 1. The summed E-state index contributed by atoms with van der Waals surface area (Å²) in [6.45, 7) is 9.37. The maximum atomic E-state index is 15.4. The summed E-state index contributed by atoms with van der Waals surface area (Å²) < 4.78 is 15.4. The van der Waals surface area contributed by atoms with Crippen LogP contribution in [-0.4, -0.2) is 65.5 Å². The molecule has 6 rings (SSSR count). The first-order valence-electron chi connectivity index (χ1n) is 16.6. The number of carbonyl (C=O) groups is 3. The third-order valence-corrected chi connectivity index (χ3v) is 11.6. The Bertz CT molecular complexity index is 1440. The number of hydrogen-bond donors (Lipinski definition) is 2. The Morgan fingerprint density at radius 1 is 1.02 bits per heavy atom. The second kappa shape index (κ2) is 14.1. The van der Waals surface area contributed by atoms with Crippen molar-refractivity contribution in [1.82, 2.24) is 15.1 Å². The van der Waals surface area contributed by atoms with E-state index in [1.54, 1.807) is 6.07 Å². The van der Waals surface area contributed by atoms with Gasteiger partial charge in [0.15, 0.2) is 0 Å². The largest absolute Gasteiger partial charge is 0.343 e. The van der Waals surface area contributed by atoms with Crippen molar-refractivity contribution in [3.63, 3.8) is 0 Å². The molecule has 2 aromatic carbocycles. The fourth-order valence-corrected chi connectivity index (χ4v) is 9.14. The van der Waals surface area contributed by atoms with Crippen LogP contribution < -0.4 is 10.6 Å². The topological polar surface area (TPSA) is 81.8 Å². The minimum atomic E-state index is -0.513. The van der Waals surface area contributed by atoms with Crippen molar-refractivity contribution >= 4 is 35.2 Å². The minimum Gasteiger partial charge on any atom is -0.343 e. The lowest BCUT2D eigenvalue weighted by Gasteiger charge is -2.35. The van der Waals surface area contributed by atoms with E-state index in [0.717, 1.165) is 74.0 Å². The van der Waals surface area contributed by atoms with Crippen LogP contribution in [0.15, 0.2) is 54.6 Å². The van der Waals surface area contributed by atoms with Crippen molar-refractivity contribution in [2.45, 2.75) is 74.8 Å². The quantitative estimate of drug-likeness (QED) is 0.348. The maximum absolute atomic E-state index is 15.4. The number of benzene rings is 2. The van der Waals surface area contributed by atoms with Gasteiger partial charge in [0.2, 0.25) is 17.7 Å². The van der Waals surface area contributed by atoms with Gasteiger partial charge in [-0.1, -0.05) is 35.9 Å². The smallest absolute Gasteiger partial charge is 0.237 e. The zero-order chi connectivity index (χ0) is 31.5. The van der Waals surface area contributed by atoms with Crippen molar-refractivity contribution in [2.75, 3.05) is 38.0 Å². The summed E-state index contributed by atoms with van der Waals surface area (Å²) >= 11 is 1.49. The van der Waals surface area contributed by atoms with Crippen LogP contribution in [0.4, 0.5) is 10.1 Å². The predicted molar refractivity (Wildman–Crippen MR) is 177 cm³/mol. The number of carbonyl (C=O) groups excluding carboxylic acids is 3. The molecule has 0 spiro atoms. The molecular formula is C36H45FN4O3S. The summed E-state index contributed by atoms with van der Waals surface area (Å²) in [6.07, 6.45) is 5.75. The number of para-hydroxylation sites is 1. The van der Waals surface area contributed by atoms with Gasteiger partial charge in [0.1, 0.15) is 11.2 Å². The van der Waals surface area contributed by atoms with Gasteiger partial charge in [0.05, 0.1) is 5.25 Å². The molecule has 9 heteroatoms. The summed E-state index contributed by atoms with van der Waals surface area (Å²) in [5, 5.41) is 5.65. The first-order chi connectivity index (χ1) is 21.8. The summed E-state index contributed by atoms with van der Waals surface area (Å²) in [7, 11) is 0. The number of aryl methyl sites for hydroxylation is 1. The Balaban J connectivity index is 1.12. The number of nitrogens with one attached hydrogen (secondary N) is 2. The van der Waals surface area contributed by atoms with Crippen molar-refractivity contribution < 1.29 is 18.8 Å². The normalized spacial score (nSPS) is 24.7. The van der Waals surface area contributed by atoms with Crippen LogP contribution in [0, 0.1) is 17.7 Å². The fourth-order valence-electron chi connectivity index (χ4n) is 7.63. The van der Waals surface area contributed by atoms with Gasteiger partial charge in [0.25, 0.3) is 0 Å². The van der Waals surface area contributed by atoms with E-state index < -0.39 is 5.25 Å². The molecule has 0 bridgehead atoms. The molecule has 2 aromatic rings. The average Bonchev–Trinajstić information content (AvgIpc) is 3.24. The van der Waals surface area contributed by atoms with E-state index in [1.165, 1.54) is 23.4 Å². The molecule has 0 aliphatic carbocycles. The molecule has 2 N–H and O–H groups in total. The average molecular weight is 633 g/mol. The highest BCUT2D eigenvalue weighted by Gasteiger charge is 2.44. The molecule has 2 unspecified atom stereocenters. The van der Waals surface area contributed by atoms with Crippen molar-refractivity contribution in [3.8, 4) is 0 Å². The molecule has 0 aromatic heterocycles. The van der Waals surface area contributed by atoms with E-state index in [4.69, 9.17) is 0 Å². The standard InChI is InChI=1S/C36H45FN4O3S/c1-23(2)14-21-41-35(44)31(45-36(41)28-7-5-8-29(37)33(28)26-12-17-38-18-13-26)22-32(42)40-19-15-24(16-20-40)27-11-10-25-6-3-4-9-30(25)39-34(27)43/h3-9,24,26-27,31,36,38H,1,10-22H2,2H3,(H,39,43)/t27?,31-,36?/m0/s1. The molecule has 240 valence electrons. The third-order valence-electron chi connectivity index (χ3n) is 10.2. The van der Waals surface area contributed by atoms with E-state index >= 15 is 4.39 Å². The van der Waals surface area contributed by atoms with Gasteiger partial charge in [-0.15, -0.1) is 18.3 Å². The van der Waals surface area contributed by atoms with E-state index in [0.29, 0.717) is 26.1 Å². The van der Waals surface area contributed by atoms with Gasteiger partial charge in [-0.3, -0.25) is 14.4 Å². The van der Waals surface area contributed by atoms with Gasteiger partial charge in [-0.05, 0) is 106 Å². The van der Waals surface area contributed by atoms with Crippen LogP contribution in [0.1, 0.15) is 79.9 Å². The van der Waals surface area contributed by atoms with Gasteiger partial charge in [-0.2, -0.15) is 0 Å². The van der Waals surface area contributed by atoms with Gasteiger partial charge in [-0.25, -0.2) is 4.39 Å². The molecule has 4 aliphatic heterocycles. The molecule has 0 saturated carbocycles. The van der Waals surface area contributed by atoms with Crippen LogP contribution >= 0.6 is 11.8 Å². The fraction of sp³-hybridized carbons (Fsp3) is 0.528. The van der Waals surface area contributed by atoms with Crippen LogP contribution in [-0.2, 0) is 20.8 Å². The molecule has 3 fully saturated rings. The number of rotatable bonds is 8. The summed E-state index contributed by atoms with van der Waals surface area (Å²) in [6, 6.07) is 13.2. The first-order valence-corrected chi connectivity index (χ1v) is 17.5. The molecule has 0 radical (unpaired) electrons. The molecule has 4 heterocycles. The number of likely N-dealkylation sites (tertiary alicyclic amines) is 1. The van der Waals surface area contributed by atoms with Crippen molar-refractivity contribution in [3.05, 3.63) is 77.1 Å². The highest BCUT2D eigenvalue weighted by molar-refractivity contribution is 8.01. The van der Waals surface area contributed by atoms with Crippen molar-refractivity contribution in [1.29, 1.82) is 0 Å². The molecule has 3 atom stereocenters. The molecule has 3 saturated heterocycles. The Labute approximate surface area is 270 Å². The number of fused-ring (bicyclic) bond motifs is 1. The van der Waals surface area contributed by atoms with E-state index in [1.807, 2.05) is 41.0 Å². The number of piperidine rings is 2. The Kier molecular flexibility index (Phi) is 9.95. The second-order valence-corrected chi connectivity index (χ2v) is 14.5. The molecular weight excluding hydrogens is 587 g/mol. The van der Waals surface area contributed by atoms with Gasteiger partial charge >= 0.3 is 0 Å². The maximum Gasteiger partial charge on any atom is 0.237 e. The minimum absolute atomic E-state index is 0.0182. The Morgan fingerprint density at radius 3 is 2.53 bits per heavy atom. The zero-order valence-electron chi connectivity index (χ0n) is 26.2. The molecule has 4 aliphatic rings. The molecule has 45 heavy (non-hydrogen) atoms. The van der Waals surface area contributed by atoms with Gasteiger partial charge in [0, 0.05) is 37.7 Å². The number of amides is 3. The number of nitrogens with zero attached hydrogens (tertiary/aromatic N) is 2. The SMILES string of the molecule is C=C(C)CCN1C(=O)[C@H](CC(=O)N2CCC(C3CCc4ccccc4NC3=O)CC2)SC1c1cccc(F)c1C1CCNCC1. The number of anilines is 1. The highest BCUT2D eigenvalue weighted by atomic mass is 32.2. The number of thioether (sulfide) groups is 1. The van der Waals surface area contributed by atoms with E-state index in [-0.39, 0.29) is 53.1 Å². The Morgan fingerprint density at radius 2 is 1.78 bits per heavy atom. The Hall–Kier alpha value is -3.17. The predicted octanol–water partition coefficient (Wildman–Crippen LogP) is 6.03. The van der Waals surface area contributed by atoms with E-state index in [9.17, 15) is 14.4 Å². The lowest BCUT2D eigenvalue weighted by molar-refractivity contribution is -0.137. The summed E-state index contributed by atoms with van der Waals surface area (Å²) in [4.78, 5) is 44.3. The lowest BCUT2D eigenvalue weighted by atomic mass is 9.81. The van der Waals surface area contributed by atoms with Crippen LogP contribution in [0.5, 0.6) is 0 Å². The van der Waals surface area contributed by atoms with Gasteiger partial charge < -0.3 is 20.4 Å². The first kappa shape index (κ1) is 31.8. The van der Waals surface area contributed by atoms with Crippen LogP contribution in [0.3, 0.4) is 0 Å². The molecule has 7 nitrogen and oxygen atoms in total. The zero-order valence-corrected chi connectivity index (χ0v) is 27.0. The monoisotopic (exact) mass is 632 g/mol. The lowest BCUT2D eigenvalue weighted by Crippen LogP contribution is -2.43. The van der Waals surface area contributed by atoms with Crippen molar-refractivity contribution in [2.24, 2.45) is 11.8 Å². The van der Waals surface area contributed by atoms with Crippen LogP contribution in [0.25, 0.3) is 0 Å². The van der Waals surface area contributed by atoms with E-state index in [2.05, 4.69) is 23.3 Å². The highest BCUT2D eigenvalue weighted by Crippen LogP contribution is 2.48. The molecule has 3 amide bonds. The van der Waals surface area contributed by atoms with Crippen LogP contribution in [0.2, 0.25) is 0 Å². The summed E-state index contributed by atoms with van der Waals surface area (Å²) in [5.41, 5.74) is 4.66.